The second-order valence-electron chi connectivity index (χ2n) is 5.47. The molecular formula is C16H23ClN2O4. The molecule has 0 aromatic heterocycles. The minimum Gasteiger partial charge on any atom is -0.459 e. The minimum absolute atomic E-state index is 0. The van der Waals surface area contributed by atoms with Gasteiger partial charge in [-0.05, 0) is 32.0 Å². The molecule has 0 atom stereocenters. The van der Waals surface area contributed by atoms with E-state index in [1.807, 2.05) is 4.90 Å². The lowest BCUT2D eigenvalue weighted by Crippen LogP contribution is -2.41. The van der Waals surface area contributed by atoms with Crippen molar-refractivity contribution in [1.82, 2.24) is 4.90 Å². The Morgan fingerprint density at radius 1 is 1.30 bits per heavy atom. The smallest absolute Gasteiger partial charge is 0.338 e. The molecule has 0 aliphatic carbocycles. The number of hydrogen-bond donors (Lipinski definition) is 1. The summed E-state index contributed by atoms with van der Waals surface area (Å²) in [6.07, 6.45) is -0.174. The Balaban J connectivity index is 0.00000264. The summed E-state index contributed by atoms with van der Waals surface area (Å²) in [5, 5.41) is 2.81. The summed E-state index contributed by atoms with van der Waals surface area (Å²) in [5.41, 5.74) is 1.02. The van der Waals surface area contributed by atoms with Crippen LogP contribution in [0.25, 0.3) is 0 Å². The number of morpholine rings is 1. The maximum Gasteiger partial charge on any atom is 0.338 e. The standard InChI is InChI=1S/C16H22N2O4.ClH/c1-12(2)22-16(20)13-4-3-5-14(10-13)17-15(19)11-18-6-8-21-9-7-18;/h3-5,10,12H,6-9,11H2,1-2H3,(H,17,19);1H. The molecule has 1 fully saturated rings. The van der Waals surface area contributed by atoms with E-state index < -0.39 is 0 Å². The van der Waals surface area contributed by atoms with Crippen molar-refractivity contribution >= 4 is 30.0 Å². The second kappa shape index (κ2) is 9.50. The molecule has 1 aliphatic rings. The Morgan fingerprint density at radius 3 is 2.65 bits per heavy atom. The van der Waals surface area contributed by atoms with Gasteiger partial charge in [0.05, 0.1) is 31.4 Å². The highest BCUT2D eigenvalue weighted by Crippen LogP contribution is 2.12. The van der Waals surface area contributed by atoms with Crippen molar-refractivity contribution in [1.29, 1.82) is 0 Å². The molecule has 23 heavy (non-hydrogen) atoms. The summed E-state index contributed by atoms with van der Waals surface area (Å²) >= 11 is 0. The van der Waals surface area contributed by atoms with Crippen molar-refractivity contribution in [3.8, 4) is 0 Å². The Bertz CT molecular complexity index is 531. The van der Waals surface area contributed by atoms with Gasteiger partial charge >= 0.3 is 5.97 Å². The third-order valence-electron chi connectivity index (χ3n) is 3.20. The number of ether oxygens (including phenoxy) is 2. The van der Waals surface area contributed by atoms with Crippen LogP contribution < -0.4 is 5.32 Å². The van der Waals surface area contributed by atoms with Gasteiger partial charge in [0.1, 0.15) is 0 Å². The largest absolute Gasteiger partial charge is 0.459 e. The van der Waals surface area contributed by atoms with Crippen LogP contribution in [-0.4, -0.2) is 55.7 Å². The first-order valence-electron chi connectivity index (χ1n) is 7.45. The van der Waals surface area contributed by atoms with E-state index in [9.17, 15) is 9.59 Å². The third-order valence-corrected chi connectivity index (χ3v) is 3.20. The topological polar surface area (TPSA) is 67.9 Å². The number of rotatable bonds is 5. The van der Waals surface area contributed by atoms with Gasteiger partial charge in [-0.3, -0.25) is 9.69 Å². The molecule has 0 bridgehead atoms. The lowest BCUT2D eigenvalue weighted by molar-refractivity contribution is -0.118. The molecule has 0 spiro atoms. The highest BCUT2D eigenvalue weighted by atomic mass is 35.5. The van der Waals surface area contributed by atoms with Crippen LogP contribution in [0.15, 0.2) is 24.3 Å². The molecular weight excluding hydrogens is 320 g/mol. The number of hydrogen-bond acceptors (Lipinski definition) is 5. The van der Waals surface area contributed by atoms with E-state index in [1.165, 1.54) is 0 Å². The van der Waals surface area contributed by atoms with Gasteiger partial charge < -0.3 is 14.8 Å². The molecule has 1 amide bonds. The van der Waals surface area contributed by atoms with Crippen molar-refractivity contribution in [2.75, 3.05) is 38.2 Å². The van der Waals surface area contributed by atoms with E-state index in [-0.39, 0.29) is 30.4 Å². The number of anilines is 1. The third kappa shape index (κ3) is 6.56. The SMILES string of the molecule is CC(C)OC(=O)c1cccc(NC(=O)CN2CCOCC2)c1.Cl. The van der Waals surface area contributed by atoms with Crippen LogP contribution in [0.1, 0.15) is 24.2 Å². The van der Waals surface area contributed by atoms with Crippen LogP contribution in [0.3, 0.4) is 0 Å². The van der Waals surface area contributed by atoms with E-state index in [0.717, 1.165) is 13.1 Å². The number of benzene rings is 1. The van der Waals surface area contributed by atoms with E-state index in [2.05, 4.69) is 5.32 Å². The number of halogens is 1. The zero-order valence-electron chi connectivity index (χ0n) is 13.4. The second-order valence-corrected chi connectivity index (χ2v) is 5.47. The average Bonchev–Trinajstić information content (AvgIpc) is 2.47. The lowest BCUT2D eigenvalue weighted by atomic mass is 10.2. The van der Waals surface area contributed by atoms with Gasteiger partial charge in [0.2, 0.25) is 5.91 Å². The quantitative estimate of drug-likeness (QED) is 0.828. The van der Waals surface area contributed by atoms with Crippen LogP contribution in [0, 0.1) is 0 Å². The number of nitrogens with one attached hydrogen (secondary N) is 1. The van der Waals surface area contributed by atoms with Gasteiger partial charge in [0.25, 0.3) is 0 Å². The van der Waals surface area contributed by atoms with Gasteiger partial charge in [-0.15, -0.1) is 12.4 Å². The first kappa shape index (κ1) is 19.4. The Labute approximate surface area is 142 Å². The molecule has 1 heterocycles. The van der Waals surface area contributed by atoms with E-state index >= 15 is 0 Å². The summed E-state index contributed by atoms with van der Waals surface area (Å²) in [6, 6.07) is 6.77. The number of carbonyl (C=O) groups excluding carboxylic acids is 2. The van der Waals surface area contributed by atoms with Crippen LogP contribution in [-0.2, 0) is 14.3 Å². The summed E-state index contributed by atoms with van der Waals surface area (Å²) < 4.78 is 10.4. The molecule has 1 aromatic rings. The molecule has 1 saturated heterocycles. The van der Waals surface area contributed by atoms with Crippen molar-refractivity contribution < 1.29 is 19.1 Å². The molecule has 7 heteroatoms. The van der Waals surface area contributed by atoms with E-state index in [1.54, 1.807) is 38.1 Å². The van der Waals surface area contributed by atoms with Crippen LogP contribution in [0.2, 0.25) is 0 Å². The highest BCUT2D eigenvalue weighted by Gasteiger charge is 2.15. The molecule has 0 saturated carbocycles. The lowest BCUT2D eigenvalue weighted by Gasteiger charge is -2.25. The Kier molecular flexibility index (Phi) is 8.02. The molecule has 6 nitrogen and oxygen atoms in total. The van der Waals surface area contributed by atoms with Crippen molar-refractivity contribution in [3.05, 3.63) is 29.8 Å². The zero-order valence-corrected chi connectivity index (χ0v) is 14.2. The van der Waals surface area contributed by atoms with Gasteiger partial charge in [-0.25, -0.2) is 4.79 Å². The van der Waals surface area contributed by atoms with E-state index in [0.29, 0.717) is 31.0 Å². The Hall–Kier alpha value is -1.63. The van der Waals surface area contributed by atoms with Crippen molar-refractivity contribution in [2.24, 2.45) is 0 Å². The fourth-order valence-electron chi connectivity index (χ4n) is 2.17. The number of amides is 1. The number of esters is 1. The van der Waals surface area contributed by atoms with Gasteiger partial charge in [-0.1, -0.05) is 6.07 Å². The fraction of sp³-hybridized carbons (Fsp3) is 0.500. The maximum absolute atomic E-state index is 12.0. The van der Waals surface area contributed by atoms with Crippen LogP contribution in [0.4, 0.5) is 5.69 Å². The van der Waals surface area contributed by atoms with Gasteiger partial charge in [-0.2, -0.15) is 0 Å². The van der Waals surface area contributed by atoms with E-state index in [4.69, 9.17) is 9.47 Å². The number of carbonyl (C=O) groups is 2. The summed E-state index contributed by atoms with van der Waals surface area (Å²) in [6.45, 7) is 6.75. The fourth-order valence-corrected chi connectivity index (χ4v) is 2.17. The van der Waals surface area contributed by atoms with Gasteiger partial charge in [0.15, 0.2) is 0 Å². The average molecular weight is 343 g/mol. The molecule has 0 unspecified atom stereocenters. The monoisotopic (exact) mass is 342 g/mol. The van der Waals surface area contributed by atoms with Crippen LogP contribution >= 0.6 is 12.4 Å². The normalized spacial score (nSPS) is 14.9. The van der Waals surface area contributed by atoms with Crippen LogP contribution in [0.5, 0.6) is 0 Å². The summed E-state index contributed by atoms with van der Waals surface area (Å²) in [5.74, 6) is -0.490. The Morgan fingerprint density at radius 2 is 2.00 bits per heavy atom. The summed E-state index contributed by atoms with van der Waals surface area (Å²) in [4.78, 5) is 25.9. The highest BCUT2D eigenvalue weighted by molar-refractivity contribution is 5.95. The number of nitrogens with zero attached hydrogens (tertiary/aromatic N) is 1. The maximum atomic E-state index is 12.0. The molecule has 0 radical (unpaired) electrons. The predicted octanol–water partition coefficient (Wildman–Crippen LogP) is 1.94. The first-order valence-corrected chi connectivity index (χ1v) is 7.45. The molecule has 2 rings (SSSR count). The molecule has 128 valence electrons. The first-order chi connectivity index (χ1) is 10.5. The van der Waals surface area contributed by atoms with Crippen molar-refractivity contribution in [2.45, 2.75) is 20.0 Å². The minimum atomic E-state index is -0.390. The van der Waals surface area contributed by atoms with Gasteiger partial charge in [0, 0.05) is 18.8 Å². The predicted molar refractivity (Wildman–Crippen MR) is 90.1 cm³/mol. The molecule has 1 N–H and O–H groups in total. The summed E-state index contributed by atoms with van der Waals surface area (Å²) in [7, 11) is 0. The molecule has 1 aliphatic heterocycles. The van der Waals surface area contributed by atoms with Crippen molar-refractivity contribution in [3.63, 3.8) is 0 Å². The zero-order chi connectivity index (χ0) is 15.9. The molecule has 1 aromatic carbocycles.